The number of hydrogen-bond acceptors (Lipinski definition) is 4. The molecule has 0 saturated carbocycles. The zero-order chi connectivity index (χ0) is 19.8. The van der Waals surface area contributed by atoms with Crippen LogP contribution in [0.2, 0.25) is 0 Å². The monoisotopic (exact) mass is 378 g/mol. The number of benzene rings is 2. The molecule has 0 spiro atoms. The molecule has 1 heterocycles. The zero-order valence-corrected chi connectivity index (χ0v) is 16.4. The average Bonchev–Trinajstić information content (AvgIpc) is 2.72. The molecule has 3 aromatic rings. The van der Waals surface area contributed by atoms with Crippen molar-refractivity contribution in [3.63, 3.8) is 0 Å². The van der Waals surface area contributed by atoms with Gasteiger partial charge in [0.05, 0.1) is 6.61 Å². The Labute approximate surface area is 165 Å². The quantitative estimate of drug-likeness (QED) is 0.563. The van der Waals surface area contributed by atoms with Gasteiger partial charge in [-0.25, -0.2) is 0 Å². The maximum Gasteiger partial charge on any atom is 0.257 e. The van der Waals surface area contributed by atoms with E-state index in [-0.39, 0.29) is 12.5 Å². The van der Waals surface area contributed by atoms with E-state index in [0.29, 0.717) is 31.2 Å². The van der Waals surface area contributed by atoms with Crippen molar-refractivity contribution in [1.82, 2.24) is 10.3 Å². The fourth-order valence-electron chi connectivity index (χ4n) is 2.82. The molecule has 1 aromatic heterocycles. The first-order valence-corrected chi connectivity index (χ1v) is 9.59. The Bertz CT molecular complexity index is 902. The molecule has 0 aliphatic carbocycles. The third-order valence-electron chi connectivity index (χ3n) is 4.41. The Morgan fingerprint density at radius 3 is 2.61 bits per heavy atom. The molecule has 28 heavy (non-hydrogen) atoms. The molecular formula is C23H26N2O3. The van der Waals surface area contributed by atoms with Crippen LogP contribution in [0.3, 0.4) is 0 Å². The molecule has 0 atom stereocenters. The van der Waals surface area contributed by atoms with Crippen molar-refractivity contribution in [3.05, 3.63) is 66.4 Å². The summed E-state index contributed by atoms with van der Waals surface area (Å²) in [6.45, 7) is 5.34. The van der Waals surface area contributed by atoms with Crippen molar-refractivity contribution in [2.24, 2.45) is 0 Å². The van der Waals surface area contributed by atoms with E-state index >= 15 is 0 Å². The average molecular weight is 378 g/mol. The highest BCUT2D eigenvalue weighted by Gasteiger charge is 2.05. The summed E-state index contributed by atoms with van der Waals surface area (Å²) in [7, 11) is 0. The molecule has 0 unspecified atom stereocenters. The Morgan fingerprint density at radius 1 is 1.04 bits per heavy atom. The van der Waals surface area contributed by atoms with Gasteiger partial charge in [-0.05, 0) is 42.2 Å². The second-order valence-electron chi connectivity index (χ2n) is 6.90. The zero-order valence-electron chi connectivity index (χ0n) is 16.4. The van der Waals surface area contributed by atoms with E-state index in [1.165, 1.54) is 5.56 Å². The van der Waals surface area contributed by atoms with Gasteiger partial charge in [0.2, 0.25) is 0 Å². The number of carbonyl (C=O) groups excluding carboxylic acids is 1. The summed E-state index contributed by atoms with van der Waals surface area (Å²) in [5, 5.41) is 3.89. The molecule has 146 valence electrons. The lowest BCUT2D eigenvalue weighted by atomic mass is 10.0. The molecular weight excluding hydrogens is 352 g/mol. The number of carbonyl (C=O) groups is 1. The first-order chi connectivity index (χ1) is 13.6. The van der Waals surface area contributed by atoms with Gasteiger partial charge in [-0.1, -0.05) is 44.2 Å². The second-order valence-corrected chi connectivity index (χ2v) is 6.90. The van der Waals surface area contributed by atoms with Gasteiger partial charge in [0.25, 0.3) is 5.91 Å². The molecule has 5 heteroatoms. The van der Waals surface area contributed by atoms with E-state index in [1.54, 1.807) is 6.20 Å². The van der Waals surface area contributed by atoms with Crippen LogP contribution in [0.4, 0.5) is 0 Å². The van der Waals surface area contributed by atoms with Gasteiger partial charge in [0.1, 0.15) is 17.0 Å². The number of fused-ring (bicyclic) bond motifs is 1. The molecule has 0 radical (unpaired) electrons. The normalized spacial score (nSPS) is 10.8. The minimum absolute atomic E-state index is 0.00905. The van der Waals surface area contributed by atoms with Gasteiger partial charge in [0, 0.05) is 18.1 Å². The third-order valence-corrected chi connectivity index (χ3v) is 4.41. The smallest absolute Gasteiger partial charge is 0.257 e. The third kappa shape index (κ3) is 5.46. The molecule has 0 bridgehead atoms. The van der Waals surface area contributed by atoms with E-state index in [4.69, 9.17) is 9.47 Å². The van der Waals surface area contributed by atoms with Gasteiger partial charge < -0.3 is 14.8 Å². The van der Waals surface area contributed by atoms with Gasteiger partial charge in [-0.3, -0.25) is 9.78 Å². The number of rotatable bonds is 9. The summed E-state index contributed by atoms with van der Waals surface area (Å²) in [6, 6.07) is 17.6. The van der Waals surface area contributed by atoms with Crippen LogP contribution in [0.1, 0.15) is 31.7 Å². The number of amides is 1. The van der Waals surface area contributed by atoms with Crippen molar-refractivity contribution >= 4 is 16.8 Å². The highest BCUT2D eigenvalue weighted by molar-refractivity contribution is 5.84. The summed E-state index contributed by atoms with van der Waals surface area (Å²) in [5.74, 6) is 1.80. The molecule has 1 N–H and O–H groups in total. The Kier molecular flexibility index (Phi) is 6.84. The summed E-state index contributed by atoms with van der Waals surface area (Å²) in [6.07, 6.45) is 2.46. The van der Waals surface area contributed by atoms with E-state index < -0.39 is 0 Å². The maximum atomic E-state index is 11.9. The fourth-order valence-corrected chi connectivity index (χ4v) is 2.82. The van der Waals surface area contributed by atoms with Crippen LogP contribution in [0.5, 0.6) is 11.5 Å². The number of ether oxygens (including phenoxy) is 2. The van der Waals surface area contributed by atoms with Gasteiger partial charge >= 0.3 is 0 Å². The van der Waals surface area contributed by atoms with Crippen molar-refractivity contribution in [3.8, 4) is 11.5 Å². The number of nitrogens with one attached hydrogen (secondary N) is 1. The summed E-state index contributed by atoms with van der Waals surface area (Å²) >= 11 is 0. The summed E-state index contributed by atoms with van der Waals surface area (Å²) < 4.78 is 11.3. The molecule has 3 rings (SSSR count). The Morgan fingerprint density at radius 2 is 1.82 bits per heavy atom. The lowest BCUT2D eigenvalue weighted by molar-refractivity contribution is -0.123. The molecule has 0 aliphatic rings. The number of para-hydroxylation sites is 1. The standard InChI is InChI=1S/C23H26N2O3/c1-17(2)18-9-11-20(12-10-18)28-16-22(26)24-14-5-15-27-21-8-3-6-19-7-4-13-25-23(19)21/h3-4,6-13,17H,5,14-16H2,1-2H3,(H,24,26). The molecule has 0 saturated heterocycles. The van der Waals surface area contributed by atoms with Gasteiger partial charge in [0.15, 0.2) is 6.61 Å². The van der Waals surface area contributed by atoms with Crippen molar-refractivity contribution in [2.45, 2.75) is 26.2 Å². The van der Waals surface area contributed by atoms with Crippen LogP contribution < -0.4 is 14.8 Å². The minimum atomic E-state index is -0.139. The minimum Gasteiger partial charge on any atom is -0.491 e. The first-order valence-electron chi connectivity index (χ1n) is 9.59. The highest BCUT2D eigenvalue weighted by atomic mass is 16.5. The van der Waals surface area contributed by atoms with Gasteiger partial charge in [-0.2, -0.15) is 0 Å². The largest absolute Gasteiger partial charge is 0.491 e. The van der Waals surface area contributed by atoms with E-state index in [0.717, 1.165) is 16.7 Å². The van der Waals surface area contributed by atoms with Gasteiger partial charge in [-0.15, -0.1) is 0 Å². The van der Waals surface area contributed by atoms with E-state index in [2.05, 4.69) is 24.1 Å². The number of hydrogen-bond donors (Lipinski definition) is 1. The summed E-state index contributed by atoms with van der Waals surface area (Å²) in [4.78, 5) is 16.3. The fraction of sp³-hybridized carbons (Fsp3) is 0.304. The van der Waals surface area contributed by atoms with Crippen molar-refractivity contribution in [1.29, 1.82) is 0 Å². The molecule has 1 amide bonds. The molecule has 5 nitrogen and oxygen atoms in total. The Balaban J connectivity index is 1.35. The predicted octanol–water partition coefficient (Wildman–Crippen LogP) is 4.32. The topological polar surface area (TPSA) is 60.5 Å². The number of aromatic nitrogens is 1. The molecule has 0 aliphatic heterocycles. The van der Waals surface area contributed by atoms with Crippen LogP contribution in [0.25, 0.3) is 10.9 Å². The number of nitrogens with zero attached hydrogens (tertiary/aromatic N) is 1. The SMILES string of the molecule is CC(C)c1ccc(OCC(=O)NCCCOc2cccc3cccnc23)cc1. The molecule has 2 aromatic carbocycles. The Hall–Kier alpha value is -3.08. The first kappa shape index (κ1) is 19.7. The number of pyridine rings is 1. The lowest BCUT2D eigenvalue weighted by Gasteiger charge is -2.10. The highest BCUT2D eigenvalue weighted by Crippen LogP contribution is 2.23. The van der Waals surface area contributed by atoms with Crippen molar-refractivity contribution in [2.75, 3.05) is 19.8 Å². The maximum absolute atomic E-state index is 11.9. The van der Waals surface area contributed by atoms with E-state index in [1.807, 2.05) is 54.6 Å². The predicted molar refractivity (Wildman–Crippen MR) is 111 cm³/mol. The second kappa shape index (κ2) is 9.74. The van der Waals surface area contributed by atoms with Crippen LogP contribution in [-0.4, -0.2) is 30.6 Å². The van der Waals surface area contributed by atoms with Crippen LogP contribution in [-0.2, 0) is 4.79 Å². The van der Waals surface area contributed by atoms with Crippen LogP contribution in [0, 0.1) is 0 Å². The van der Waals surface area contributed by atoms with Crippen molar-refractivity contribution < 1.29 is 14.3 Å². The summed E-state index contributed by atoms with van der Waals surface area (Å²) in [5.41, 5.74) is 2.10. The molecule has 0 fully saturated rings. The van der Waals surface area contributed by atoms with Crippen LogP contribution >= 0.6 is 0 Å². The lowest BCUT2D eigenvalue weighted by Crippen LogP contribution is -2.30. The van der Waals surface area contributed by atoms with Crippen LogP contribution in [0.15, 0.2) is 60.8 Å². The van der Waals surface area contributed by atoms with E-state index in [9.17, 15) is 4.79 Å².